The molecule has 24 heavy (non-hydrogen) atoms. The van der Waals surface area contributed by atoms with Crippen molar-refractivity contribution >= 4 is 16.8 Å². The molecule has 1 N–H and O–H groups in total. The van der Waals surface area contributed by atoms with E-state index in [4.69, 9.17) is 0 Å². The third kappa shape index (κ3) is 2.69. The topological polar surface area (TPSA) is 39.3 Å². The first-order valence-electron chi connectivity index (χ1n) is 8.34. The van der Waals surface area contributed by atoms with Crippen molar-refractivity contribution in [2.24, 2.45) is 0 Å². The van der Waals surface area contributed by atoms with Gasteiger partial charge in [-0.05, 0) is 36.9 Å². The molecule has 0 aliphatic carbocycles. The Bertz CT molecular complexity index is 855. The molecule has 1 aromatic heterocycles. The first-order chi connectivity index (χ1) is 11.7. The third-order valence-electron chi connectivity index (χ3n) is 4.92. The summed E-state index contributed by atoms with van der Waals surface area (Å²) in [7, 11) is 2.13. The number of aromatic nitrogens is 1. The zero-order chi connectivity index (χ0) is 16.5. The molecule has 0 saturated carbocycles. The molecule has 1 fully saturated rings. The maximum absolute atomic E-state index is 12.9. The van der Waals surface area contributed by atoms with Gasteiger partial charge in [0.1, 0.15) is 0 Å². The van der Waals surface area contributed by atoms with Gasteiger partial charge in [0.15, 0.2) is 0 Å². The van der Waals surface area contributed by atoms with Gasteiger partial charge in [0, 0.05) is 42.3 Å². The van der Waals surface area contributed by atoms with Crippen molar-refractivity contribution in [3.8, 4) is 0 Å². The minimum Gasteiger partial charge on any atom is -0.361 e. The van der Waals surface area contributed by atoms with E-state index in [0.29, 0.717) is 0 Å². The number of carbonyl (C=O) groups is 1. The van der Waals surface area contributed by atoms with Crippen molar-refractivity contribution in [3.05, 3.63) is 71.9 Å². The molecule has 1 saturated heterocycles. The predicted molar refractivity (Wildman–Crippen MR) is 96.0 cm³/mol. The van der Waals surface area contributed by atoms with Gasteiger partial charge in [0.2, 0.25) is 0 Å². The number of benzene rings is 2. The number of carbonyl (C=O) groups excluding carboxylic acids is 1. The van der Waals surface area contributed by atoms with E-state index in [-0.39, 0.29) is 11.9 Å². The van der Waals surface area contributed by atoms with Gasteiger partial charge in [0.05, 0.1) is 6.04 Å². The first-order valence-corrected chi connectivity index (χ1v) is 8.34. The lowest BCUT2D eigenvalue weighted by Crippen LogP contribution is -2.49. The Kier molecular flexibility index (Phi) is 3.82. The van der Waals surface area contributed by atoms with Gasteiger partial charge in [-0.2, -0.15) is 0 Å². The molecule has 2 heterocycles. The highest BCUT2D eigenvalue weighted by molar-refractivity contribution is 5.98. The van der Waals surface area contributed by atoms with Crippen LogP contribution in [0.15, 0.2) is 60.8 Å². The van der Waals surface area contributed by atoms with Crippen LogP contribution in [0.4, 0.5) is 0 Å². The number of H-pyrrole nitrogens is 1. The van der Waals surface area contributed by atoms with Crippen molar-refractivity contribution in [3.63, 3.8) is 0 Å². The van der Waals surface area contributed by atoms with Crippen molar-refractivity contribution in [2.45, 2.75) is 6.04 Å². The largest absolute Gasteiger partial charge is 0.361 e. The van der Waals surface area contributed by atoms with Crippen molar-refractivity contribution < 1.29 is 4.79 Å². The van der Waals surface area contributed by atoms with E-state index < -0.39 is 0 Å². The van der Waals surface area contributed by atoms with E-state index in [2.05, 4.69) is 41.2 Å². The molecule has 0 radical (unpaired) electrons. The highest BCUT2D eigenvalue weighted by Crippen LogP contribution is 2.25. The van der Waals surface area contributed by atoms with Crippen LogP contribution in [0.1, 0.15) is 22.0 Å². The molecular formula is C20H21N3O. The van der Waals surface area contributed by atoms with E-state index >= 15 is 0 Å². The van der Waals surface area contributed by atoms with Crippen LogP contribution in [-0.2, 0) is 0 Å². The monoisotopic (exact) mass is 319 g/mol. The molecule has 4 nitrogen and oxygen atoms in total. The number of aromatic amines is 1. The van der Waals surface area contributed by atoms with Crippen LogP contribution < -0.4 is 0 Å². The average molecular weight is 319 g/mol. The normalized spacial score (nSPS) is 18.9. The number of rotatable bonds is 2. The van der Waals surface area contributed by atoms with E-state index in [9.17, 15) is 4.79 Å². The summed E-state index contributed by atoms with van der Waals surface area (Å²) in [6.45, 7) is 2.38. The molecule has 1 aliphatic heterocycles. The number of amides is 1. The van der Waals surface area contributed by atoms with Gasteiger partial charge in [-0.15, -0.1) is 0 Å². The summed E-state index contributed by atoms with van der Waals surface area (Å²) in [5, 5.41) is 1.08. The average Bonchev–Trinajstić information content (AvgIpc) is 3.10. The van der Waals surface area contributed by atoms with Crippen molar-refractivity contribution in [1.82, 2.24) is 14.8 Å². The molecule has 122 valence electrons. The Morgan fingerprint density at radius 2 is 1.92 bits per heavy atom. The second-order valence-corrected chi connectivity index (χ2v) is 6.44. The molecule has 1 aliphatic rings. The standard InChI is InChI=1S/C20H21N3O/c1-22-11-12-23(14-19(22)15-5-3-2-4-6-15)20(24)17-7-8-18-16(13-17)9-10-21-18/h2-10,13,19,21H,11-12,14H2,1H3. The SMILES string of the molecule is CN1CCN(C(=O)c2ccc3[nH]ccc3c2)CC1c1ccccc1. The van der Waals surface area contributed by atoms with Gasteiger partial charge < -0.3 is 9.88 Å². The fourth-order valence-electron chi connectivity index (χ4n) is 3.46. The lowest BCUT2D eigenvalue weighted by molar-refractivity contribution is 0.0546. The van der Waals surface area contributed by atoms with Crippen molar-refractivity contribution in [2.75, 3.05) is 26.7 Å². The fourth-order valence-corrected chi connectivity index (χ4v) is 3.46. The smallest absolute Gasteiger partial charge is 0.253 e. The van der Waals surface area contributed by atoms with Gasteiger partial charge in [0.25, 0.3) is 5.91 Å². The van der Waals surface area contributed by atoms with Crippen LogP contribution in [0.3, 0.4) is 0 Å². The summed E-state index contributed by atoms with van der Waals surface area (Å²) < 4.78 is 0. The maximum atomic E-state index is 12.9. The minimum absolute atomic E-state index is 0.118. The molecule has 1 atom stereocenters. The van der Waals surface area contributed by atoms with E-state index in [0.717, 1.165) is 36.1 Å². The van der Waals surface area contributed by atoms with Gasteiger partial charge in [-0.25, -0.2) is 0 Å². The summed E-state index contributed by atoms with van der Waals surface area (Å²) in [6, 6.07) is 18.5. The lowest BCUT2D eigenvalue weighted by atomic mass is 10.0. The molecule has 1 unspecified atom stereocenters. The van der Waals surface area contributed by atoms with Crippen LogP contribution in [0.25, 0.3) is 10.9 Å². The van der Waals surface area contributed by atoms with Crippen LogP contribution in [-0.4, -0.2) is 47.4 Å². The summed E-state index contributed by atoms with van der Waals surface area (Å²) >= 11 is 0. The summed E-state index contributed by atoms with van der Waals surface area (Å²) in [6.07, 6.45) is 1.90. The Morgan fingerprint density at radius 1 is 1.08 bits per heavy atom. The lowest BCUT2D eigenvalue weighted by Gasteiger charge is -2.39. The van der Waals surface area contributed by atoms with Crippen LogP contribution in [0.2, 0.25) is 0 Å². The van der Waals surface area contributed by atoms with Crippen LogP contribution in [0, 0.1) is 0 Å². The second kappa shape index (κ2) is 6.13. The molecule has 0 spiro atoms. The van der Waals surface area contributed by atoms with Crippen molar-refractivity contribution in [1.29, 1.82) is 0 Å². The van der Waals surface area contributed by atoms with E-state index in [1.54, 1.807) is 0 Å². The number of nitrogens with zero attached hydrogens (tertiary/aromatic N) is 2. The number of hydrogen-bond donors (Lipinski definition) is 1. The Hall–Kier alpha value is -2.59. The van der Waals surface area contributed by atoms with Crippen LogP contribution in [0.5, 0.6) is 0 Å². The molecule has 3 aromatic rings. The predicted octanol–water partition coefficient (Wildman–Crippen LogP) is 3.30. The highest BCUT2D eigenvalue weighted by Gasteiger charge is 2.28. The summed E-state index contributed by atoms with van der Waals surface area (Å²) in [4.78, 5) is 20.4. The van der Waals surface area contributed by atoms with Gasteiger partial charge in [-0.3, -0.25) is 9.69 Å². The first kappa shape index (κ1) is 15.0. The van der Waals surface area contributed by atoms with E-state index in [1.165, 1.54) is 5.56 Å². The number of hydrogen-bond acceptors (Lipinski definition) is 2. The van der Waals surface area contributed by atoms with E-state index in [1.807, 2.05) is 41.4 Å². The third-order valence-corrected chi connectivity index (χ3v) is 4.92. The van der Waals surface area contributed by atoms with Gasteiger partial charge >= 0.3 is 0 Å². The quantitative estimate of drug-likeness (QED) is 0.787. The Balaban J connectivity index is 1.58. The molecule has 0 bridgehead atoms. The molecule has 4 heteroatoms. The summed E-state index contributed by atoms with van der Waals surface area (Å²) in [5.41, 5.74) is 3.09. The zero-order valence-electron chi connectivity index (χ0n) is 13.8. The minimum atomic E-state index is 0.118. The highest BCUT2D eigenvalue weighted by atomic mass is 16.2. The zero-order valence-corrected chi connectivity index (χ0v) is 13.8. The Morgan fingerprint density at radius 3 is 2.75 bits per heavy atom. The maximum Gasteiger partial charge on any atom is 0.253 e. The number of nitrogens with one attached hydrogen (secondary N) is 1. The fraction of sp³-hybridized carbons (Fsp3) is 0.250. The number of piperazine rings is 1. The Labute approximate surface area is 141 Å². The molecule has 4 rings (SSSR count). The molecule has 1 amide bonds. The number of fused-ring (bicyclic) bond motifs is 1. The van der Waals surface area contributed by atoms with Crippen LogP contribution >= 0.6 is 0 Å². The van der Waals surface area contributed by atoms with Gasteiger partial charge in [-0.1, -0.05) is 30.3 Å². The second-order valence-electron chi connectivity index (χ2n) is 6.44. The molecule has 2 aromatic carbocycles. The summed E-state index contributed by atoms with van der Waals surface area (Å²) in [5.74, 6) is 0.118. The number of likely N-dealkylation sites (N-methyl/N-ethyl adjacent to an activating group) is 1. The molecular weight excluding hydrogens is 298 g/mol.